The second-order valence-electron chi connectivity index (χ2n) is 5.44. The van der Waals surface area contributed by atoms with Crippen molar-refractivity contribution in [3.05, 3.63) is 29.6 Å². The molecule has 1 saturated carbocycles. The number of nitriles is 1. The van der Waals surface area contributed by atoms with E-state index in [2.05, 4.69) is 10.6 Å². The van der Waals surface area contributed by atoms with E-state index in [0.29, 0.717) is 17.5 Å². The van der Waals surface area contributed by atoms with Gasteiger partial charge in [-0.25, -0.2) is 4.98 Å². The number of aryl methyl sites for hydroxylation is 1. The van der Waals surface area contributed by atoms with Gasteiger partial charge in [-0.15, -0.1) is 11.6 Å². The van der Waals surface area contributed by atoms with Gasteiger partial charge in [-0.2, -0.15) is 5.26 Å². The first kappa shape index (κ1) is 13.5. The SMILES string of the molecule is N#Cc1ccc2nc(CCCl)n(C3CCCCC3)c2c1. The van der Waals surface area contributed by atoms with Gasteiger partial charge in [-0.05, 0) is 31.0 Å². The van der Waals surface area contributed by atoms with Crippen molar-refractivity contribution in [1.82, 2.24) is 9.55 Å². The van der Waals surface area contributed by atoms with E-state index in [1.807, 2.05) is 18.2 Å². The normalized spacial score (nSPS) is 16.4. The van der Waals surface area contributed by atoms with E-state index in [9.17, 15) is 0 Å². The largest absolute Gasteiger partial charge is 0.325 e. The van der Waals surface area contributed by atoms with E-state index in [1.165, 1.54) is 32.1 Å². The minimum Gasteiger partial charge on any atom is -0.325 e. The first-order valence-electron chi connectivity index (χ1n) is 7.30. The zero-order valence-corrected chi connectivity index (χ0v) is 12.2. The molecule has 3 nitrogen and oxygen atoms in total. The van der Waals surface area contributed by atoms with E-state index < -0.39 is 0 Å². The fraction of sp³-hybridized carbons (Fsp3) is 0.500. The topological polar surface area (TPSA) is 41.6 Å². The standard InChI is InChI=1S/C16H18ClN3/c17-9-8-16-19-14-7-6-12(11-18)10-15(14)20(16)13-4-2-1-3-5-13/h6-7,10,13H,1-5,8-9H2. The third-order valence-electron chi connectivity index (χ3n) is 4.15. The van der Waals surface area contributed by atoms with Crippen molar-refractivity contribution in [2.24, 2.45) is 0 Å². The lowest BCUT2D eigenvalue weighted by atomic mass is 9.95. The second kappa shape index (κ2) is 5.85. The highest BCUT2D eigenvalue weighted by Crippen LogP contribution is 2.33. The van der Waals surface area contributed by atoms with Crippen molar-refractivity contribution in [3.63, 3.8) is 0 Å². The zero-order chi connectivity index (χ0) is 13.9. The molecule has 0 atom stereocenters. The van der Waals surface area contributed by atoms with Gasteiger partial charge in [0.25, 0.3) is 0 Å². The summed E-state index contributed by atoms with van der Waals surface area (Å²) in [5.74, 6) is 1.65. The zero-order valence-electron chi connectivity index (χ0n) is 11.5. The summed E-state index contributed by atoms with van der Waals surface area (Å²) in [6, 6.07) is 8.49. The molecule has 0 saturated heterocycles. The van der Waals surface area contributed by atoms with Crippen molar-refractivity contribution in [1.29, 1.82) is 5.26 Å². The van der Waals surface area contributed by atoms with Crippen LogP contribution < -0.4 is 0 Å². The maximum absolute atomic E-state index is 9.11. The van der Waals surface area contributed by atoms with Crippen molar-refractivity contribution in [2.75, 3.05) is 5.88 Å². The fourth-order valence-corrected chi connectivity index (χ4v) is 3.39. The molecule has 1 aromatic carbocycles. The number of imidazole rings is 1. The van der Waals surface area contributed by atoms with Crippen LogP contribution >= 0.6 is 11.6 Å². The average Bonchev–Trinajstić information content (AvgIpc) is 2.85. The molecule has 0 spiro atoms. The number of alkyl halides is 1. The Morgan fingerprint density at radius 1 is 1.30 bits per heavy atom. The number of hydrogen-bond acceptors (Lipinski definition) is 2. The molecule has 20 heavy (non-hydrogen) atoms. The van der Waals surface area contributed by atoms with Crippen molar-refractivity contribution >= 4 is 22.6 Å². The van der Waals surface area contributed by atoms with Crippen LogP contribution in [-0.4, -0.2) is 15.4 Å². The van der Waals surface area contributed by atoms with E-state index in [0.717, 1.165) is 23.3 Å². The van der Waals surface area contributed by atoms with Gasteiger partial charge < -0.3 is 4.57 Å². The Hall–Kier alpha value is -1.53. The first-order valence-corrected chi connectivity index (χ1v) is 7.84. The highest BCUT2D eigenvalue weighted by Gasteiger charge is 2.21. The predicted molar refractivity (Wildman–Crippen MR) is 81.0 cm³/mol. The number of aromatic nitrogens is 2. The van der Waals surface area contributed by atoms with Crippen LogP contribution in [0, 0.1) is 11.3 Å². The lowest BCUT2D eigenvalue weighted by molar-refractivity contribution is 0.353. The molecule has 4 heteroatoms. The van der Waals surface area contributed by atoms with Crippen LogP contribution in [0.25, 0.3) is 11.0 Å². The molecule has 1 heterocycles. The fourth-order valence-electron chi connectivity index (χ4n) is 3.22. The first-order chi connectivity index (χ1) is 9.83. The van der Waals surface area contributed by atoms with E-state index in [4.69, 9.17) is 21.8 Å². The van der Waals surface area contributed by atoms with Crippen LogP contribution in [0.1, 0.15) is 49.5 Å². The number of nitrogens with zero attached hydrogens (tertiary/aromatic N) is 3. The maximum atomic E-state index is 9.11. The monoisotopic (exact) mass is 287 g/mol. The Labute approximate surface area is 124 Å². The number of rotatable bonds is 3. The van der Waals surface area contributed by atoms with Crippen LogP contribution in [-0.2, 0) is 6.42 Å². The minimum absolute atomic E-state index is 0.515. The van der Waals surface area contributed by atoms with Gasteiger partial charge in [0.1, 0.15) is 5.82 Å². The average molecular weight is 288 g/mol. The highest BCUT2D eigenvalue weighted by atomic mass is 35.5. The molecular weight excluding hydrogens is 270 g/mol. The summed E-state index contributed by atoms with van der Waals surface area (Å²) in [5, 5.41) is 9.11. The van der Waals surface area contributed by atoms with Gasteiger partial charge in [-0.1, -0.05) is 19.3 Å². The predicted octanol–water partition coefficient (Wildman–Crippen LogP) is 4.19. The number of benzene rings is 1. The molecule has 0 bridgehead atoms. The molecule has 2 aromatic rings. The van der Waals surface area contributed by atoms with Crippen molar-refractivity contribution in [3.8, 4) is 6.07 Å². The number of halogens is 1. The lowest BCUT2D eigenvalue weighted by Gasteiger charge is -2.25. The molecule has 3 rings (SSSR count). The van der Waals surface area contributed by atoms with Crippen molar-refractivity contribution < 1.29 is 0 Å². The van der Waals surface area contributed by atoms with Crippen LogP contribution in [0.2, 0.25) is 0 Å². The van der Waals surface area contributed by atoms with E-state index >= 15 is 0 Å². The van der Waals surface area contributed by atoms with Gasteiger partial charge in [0.05, 0.1) is 22.7 Å². The minimum atomic E-state index is 0.515. The number of hydrogen-bond donors (Lipinski definition) is 0. The summed E-state index contributed by atoms with van der Waals surface area (Å²) in [6.07, 6.45) is 7.09. The van der Waals surface area contributed by atoms with Gasteiger partial charge >= 0.3 is 0 Å². The molecule has 1 aliphatic carbocycles. The van der Waals surface area contributed by atoms with Gasteiger partial charge in [0, 0.05) is 18.3 Å². The summed E-state index contributed by atoms with van der Waals surface area (Å²) >= 11 is 5.93. The van der Waals surface area contributed by atoms with Crippen LogP contribution in [0.15, 0.2) is 18.2 Å². The summed E-state index contributed by atoms with van der Waals surface area (Å²) in [6.45, 7) is 0. The Kier molecular flexibility index (Phi) is 3.93. The maximum Gasteiger partial charge on any atom is 0.111 e. The van der Waals surface area contributed by atoms with E-state index in [-0.39, 0.29) is 0 Å². The molecule has 1 aliphatic rings. The molecule has 0 aliphatic heterocycles. The second-order valence-corrected chi connectivity index (χ2v) is 5.82. The smallest absolute Gasteiger partial charge is 0.111 e. The van der Waals surface area contributed by atoms with Gasteiger partial charge in [0.15, 0.2) is 0 Å². The molecule has 0 unspecified atom stereocenters. The Balaban J connectivity index is 2.13. The molecule has 0 radical (unpaired) electrons. The molecular formula is C16H18ClN3. The van der Waals surface area contributed by atoms with E-state index in [1.54, 1.807) is 0 Å². The molecule has 1 aromatic heterocycles. The summed E-state index contributed by atoms with van der Waals surface area (Å²) in [4.78, 5) is 4.72. The Morgan fingerprint density at radius 2 is 2.10 bits per heavy atom. The molecule has 0 N–H and O–H groups in total. The summed E-state index contributed by atoms with van der Waals surface area (Å²) in [7, 11) is 0. The summed E-state index contributed by atoms with van der Waals surface area (Å²) < 4.78 is 2.34. The van der Waals surface area contributed by atoms with Gasteiger partial charge in [0.2, 0.25) is 0 Å². The quantitative estimate of drug-likeness (QED) is 0.794. The van der Waals surface area contributed by atoms with Crippen molar-refractivity contribution in [2.45, 2.75) is 44.6 Å². The van der Waals surface area contributed by atoms with Crippen LogP contribution in [0.5, 0.6) is 0 Å². The highest BCUT2D eigenvalue weighted by molar-refractivity contribution is 6.17. The molecule has 104 valence electrons. The molecule has 0 amide bonds. The van der Waals surface area contributed by atoms with Crippen LogP contribution in [0.4, 0.5) is 0 Å². The van der Waals surface area contributed by atoms with Crippen LogP contribution in [0.3, 0.4) is 0 Å². The summed E-state index contributed by atoms with van der Waals surface area (Å²) in [5.41, 5.74) is 2.78. The Bertz CT molecular complexity index is 648. The van der Waals surface area contributed by atoms with Gasteiger partial charge in [-0.3, -0.25) is 0 Å². The Morgan fingerprint density at radius 3 is 2.80 bits per heavy atom. The third-order valence-corrected chi connectivity index (χ3v) is 4.34. The lowest BCUT2D eigenvalue weighted by Crippen LogP contribution is -2.15. The third kappa shape index (κ3) is 2.41. The molecule has 1 fully saturated rings. The number of fused-ring (bicyclic) bond motifs is 1.